The molecule has 0 saturated carbocycles. The molecule has 5 nitrogen and oxygen atoms in total. The van der Waals surface area contributed by atoms with Gasteiger partial charge in [-0.1, -0.05) is 25.1 Å². The number of hydrogen-bond acceptors (Lipinski definition) is 3. The normalized spacial score (nSPS) is 12.3. The third kappa shape index (κ3) is 3.13. The van der Waals surface area contributed by atoms with Gasteiger partial charge in [-0.25, -0.2) is 0 Å². The molecule has 2 rings (SSSR count). The number of aliphatic carboxylic acids is 1. The van der Waals surface area contributed by atoms with Gasteiger partial charge in [0, 0.05) is 11.4 Å². The maximum Gasteiger partial charge on any atom is 0.305 e. The van der Waals surface area contributed by atoms with E-state index in [4.69, 9.17) is 9.52 Å². The van der Waals surface area contributed by atoms with E-state index in [0.717, 1.165) is 5.39 Å². The molecule has 1 atom stereocenters. The smallest absolute Gasteiger partial charge is 0.305 e. The number of carboxylic acid groups (broad SMARTS) is 1. The van der Waals surface area contributed by atoms with Gasteiger partial charge in [-0.2, -0.15) is 0 Å². The first-order chi connectivity index (χ1) is 9.10. The van der Waals surface area contributed by atoms with Crippen molar-refractivity contribution in [1.29, 1.82) is 0 Å². The standard InChI is InChI=1S/C14H15NO4/c1-2-10(8-13(16)17)15-14(18)12-7-9-5-3-4-6-11(9)19-12/h3-7,10H,2,8H2,1H3,(H,15,18)(H,16,17). The molecule has 0 aliphatic carbocycles. The predicted molar refractivity (Wildman–Crippen MR) is 70.0 cm³/mol. The highest BCUT2D eigenvalue weighted by Crippen LogP contribution is 2.18. The van der Waals surface area contributed by atoms with Gasteiger partial charge in [0.15, 0.2) is 5.76 Å². The van der Waals surface area contributed by atoms with Crippen molar-refractivity contribution in [3.05, 3.63) is 36.1 Å². The SMILES string of the molecule is CCC(CC(=O)O)NC(=O)c1cc2ccccc2o1. The Bertz CT molecular complexity index is 569. The van der Waals surface area contributed by atoms with E-state index in [9.17, 15) is 9.59 Å². The van der Waals surface area contributed by atoms with E-state index in [0.29, 0.717) is 12.0 Å². The Morgan fingerprint density at radius 2 is 2.11 bits per heavy atom. The van der Waals surface area contributed by atoms with Gasteiger partial charge in [-0.3, -0.25) is 9.59 Å². The van der Waals surface area contributed by atoms with Crippen molar-refractivity contribution >= 4 is 22.8 Å². The molecule has 1 unspecified atom stereocenters. The van der Waals surface area contributed by atoms with E-state index in [2.05, 4.69) is 5.32 Å². The molecule has 1 heterocycles. The largest absolute Gasteiger partial charge is 0.481 e. The third-order valence-corrected chi connectivity index (χ3v) is 2.90. The van der Waals surface area contributed by atoms with Crippen LogP contribution in [0.5, 0.6) is 0 Å². The van der Waals surface area contributed by atoms with Crippen molar-refractivity contribution in [2.75, 3.05) is 0 Å². The molecule has 2 aromatic rings. The van der Waals surface area contributed by atoms with Crippen LogP contribution in [0.4, 0.5) is 0 Å². The summed E-state index contributed by atoms with van der Waals surface area (Å²) in [6, 6.07) is 8.58. The van der Waals surface area contributed by atoms with Crippen molar-refractivity contribution in [2.45, 2.75) is 25.8 Å². The number of hydrogen-bond donors (Lipinski definition) is 2. The number of carboxylic acids is 1. The second-order valence-electron chi connectivity index (χ2n) is 4.32. The summed E-state index contributed by atoms with van der Waals surface area (Å²) in [6.07, 6.45) is 0.459. The van der Waals surface area contributed by atoms with Gasteiger partial charge < -0.3 is 14.8 Å². The summed E-state index contributed by atoms with van der Waals surface area (Å²) in [5, 5.41) is 12.2. The number of carbonyl (C=O) groups is 2. The Labute approximate surface area is 110 Å². The molecule has 5 heteroatoms. The van der Waals surface area contributed by atoms with E-state index in [1.165, 1.54) is 0 Å². The first-order valence-electron chi connectivity index (χ1n) is 6.11. The Balaban J connectivity index is 2.12. The fourth-order valence-electron chi connectivity index (χ4n) is 1.86. The Kier molecular flexibility index (Phi) is 3.85. The topological polar surface area (TPSA) is 79.5 Å². The number of amides is 1. The zero-order chi connectivity index (χ0) is 13.8. The number of fused-ring (bicyclic) bond motifs is 1. The third-order valence-electron chi connectivity index (χ3n) is 2.90. The van der Waals surface area contributed by atoms with Gasteiger partial charge in [0.1, 0.15) is 5.58 Å². The summed E-state index contributed by atoms with van der Waals surface area (Å²) in [6.45, 7) is 1.83. The van der Waals surface area contributed by atoms with E-state index in [1.807, 2.05) is 25.1 Å². The maximum atomic E-state index is 12.0. The number of nitrogens with one attached hydrogen (secondary N) is 1. The second kappa shape index (κ2) is 5.56. The van der Waals surface area contributed by atoms with Crippen molar-refractivity contribution < 1.29 is 19.1 Å². The molecule has 1 aromatic carbocycles. The van der Waals surface area contributed by atoms with Crippen LogP contribution in [0.1, 0.15) is 30.3 Å². The van der Waals surface area contributed by atoms with Crippen LogP contribution in [-0.4, -0.2) is 23.0 Å². The summed E-state index contributed by atoms with van der Waals surface area (Å²) in [4.78, 5) is 22.6. The zero-order valence-electron chi connectivity index (χ0n) is 10.6. The minimum absolute atomic E-state index is 0.0948. The van der Waals surface area contributed by atoms with E-state index < -0.39 is 12.0 Å². The fraction of sp³-hybridized carbons (Fsp3) is 0.286. The minimum atomic E-state index is -0.934. The van der Waals surface area contributed by atoms with Crippen LogP contribution >= 0.6 is 0 Å². The molecule has 1 aromatic heterocycles. The van der Waals surface area contributed by atoms with Crippen molar-refractivity contribution in [1.82, 2.24) is 5.32 Å². The van der Waals surface area contributed by atoms with Crippen LogP contribution in [0.25, 0.3) is 11.0 Å². The highest BCUT2D eigenvalue weighted by molar-refractivity contribution is 5.96. The number of benzene rings is 1. The molecular formula is C14H15NO4. The molecule has 0 aliphatic heterocycles. The predicted octanol–water partition coefficient (Wildman–Crippen LogP) is 2.42. The molecule has 1 amide bonds. The zero-order valence-corrected chi connectivity index (χ0v) is 10.6. The van der Waals surface area contributed by atoms with Crippen molar-refractivity contribution in [3.8, 4) is 0 Å². The van der Waals surface area contributed by atoms with E-state index in [1.54, 1.807) is 12.1 Å². The minimum Gasteiger partial charge on any atom is -0.481 e. The second-order valence-corrected chi connectivity index (χ2v) is 4.32. The molecule has 100 valence electrons. The summed E-state index contributed by atoms with van der Waals surface area (Å²) >= 11 is 0. The van der Waals surface area contributed by atoms with Gasteiger partial charge in [-0.15, -0.1) is 0 Å². The van der Waals surface area contributed by atoms with Crippen molar-refractivity contribution in [3.63, 3.8) is 0 Å². The number of rotatable bonds is 5. The van der Waals surface area contributed by atoms with Gasteiger partial charge in [0.2, 0.25) is 0 Å². The average Bonchev–Trinajstić information content (AvgIpc) is 2.81. The number of furan rings is 1. The highest BCUT2D eigenvalue weighted by atomic mass is 16.4. The molecule has 0 radical (unpaired) electrons. The Morgan fingerprint density at radius 1 is 1.37 bits per heavy atom. The first-order valence-corrected chi connectivity index (χ1v) is 6.11. The highest BCUT2D eigenvalue weighted by Gasteiger charge is 2.18. The molecule has 0 spiro atoms. The van der Waals surface area contributed by atoms with Crippen LogP contribution < -0.4 is 5.32 Å². The van der Waals surface area contributed by atoms with Gasteiger partial charge in [0.25, 0.3) is 5.91 Å². The monoisotopic (exact) mass is 261 g/mol. The Morgan fingerprint density at radius 3 is 2.74 bits per heavy atom. The average molecular weight is 261 g/mol. The van der Waals surface area contributed by atoms with Gasteiger partial charge in [0.05, 0.1) is 6.42 Å². The number of para-hydroxylation sites is 1. The lowest BCUT2D eigenvalue weighted by Crippen LogP contribution is -2.35. The fourth-order valence-corrected chi connectivity index (χ4v) is 1.86. The first kappa shape index (κ1) is 13.1. The van der Waals surface area contributed by atoms with Crippen LogP contribution in [-0.2, 0) is 4.79 Å². The summed E-state index contributed by atoms with van der Waals surface area (Å²) in [7, 11) is 0. The molecule has 0 aliphatic rings. The maximum absolute atomic E-state index is 12.0. The van der Waals surface area contributed by atoms with Crippen LogP contribution in [0.2, 0.25) is 0 Å². The summed E-state index contributed by atoms with van der Waals surface area (Å²) in [5.41, 5.74) is 0.638. The molecule has 0 fully saturated rings. The summed E-state index contributed by atoms with van der Waals surface area (Å²) in [5.74, 6) is -1.12. The van der Waals surface area contributed by atoms with Crippen LogP contribution in [0, 0.1) is 0 Å². The van der Waals surface area contributed by atoms with E-state index in [-0.39, 0.29) is 18.1 Å². The number of carbonyl (C=O) groups excluding carboxylic acids is 1. The lowest BCUT2D eigenvalue weighted by Gasteiger charge is -2.13. The van der Waals surface area contributed by atoms with Crippen LogP contribution in [0.3, 0.4) is 0 Å². The van der Waals surface area contributed by atoms with Gasteiger partial charge in [-0.05, 0) is 18.6 Å². The molecule has 2 N–H and O–H groups in total. The summed E-state index contributed by atoms with van der Waals surface area (Å²) < 4.78 is 5.42. The lowest BCUT2D eigenvalue weighted by atomic mass is 10.1. The van der Waals surface area contributed by atoms with Crippen LogP contribution in [0.15, 0.2) is 34.7 Å². The molecule has 0 bridgehead atoms. The lowest BCUT2D eigenvalue weighted by molar-refractivity contribution is -0.137. The van der Waals surface area contributed by atoms with Gasteiger partial charge >= 0.3 is 5.97 Å². The van der Waals surface area contributed by atoms with E-state index >= 15 is 0 Å². The quantitative estimate of drug-likeness (QED) is 0.866. The molecular weight excluding hydrogens is 246 g/mol. The Hall–Kier alpha value is -2.30. The molecule has 19 heavy (non-hydrogen) atoms. The molecule has 0 saturated heterocycles. The van der Waals surface area contributed by atoms with Crippen molar-refractivity contribution in [2.24, 2.45) is 0 Å².